The molecule has 1 N–H and O–H groups in total. The molecular weight excluding hydrogens is 327 g/mol. The van der Waals surface area contributed by atoms with Crippen LogP contribution in [0.15, 0.2) is 23.6 Å². The number of carbonyl (C=O) groups is 1. The second-order valence-electron chi connectivity index (χ2n) is 4.72. The normalized spacial score (nSPS) is 10.6. The summed E-state index contributed by atoms with van der Waals surface area (Å²) in [5.74, 6) is -0.126. The number of unbranched alkanes of at least 4 members (excludes halogenated alkanes) is 1. The van der Waals surface area contributed by atoms with Crippen LogP contribution in [0.5, 0.6) is 0 Å². The van der Waals surface area contributed by atoms with Gasteiger partial charge in [-0.1, -0.05) is 23.2 Å². The summed E-state index contributed by atoms with van der Waals surface area (Å²) in [4.78, 5) is 16.3. The molecule has 0 aliphatic heterocycles. The lowest BCUT2D eigenvalue weighted by molar-refractivity contribution is 0.0953. The molecule has 0 bridgehead atoms. The molecule has 0 fully saturated rings. The monoisotopic (exact) mass is 342 g/mol. The lowest BCUT2D eigenvalue weighted by Gasteiger charge is -2.05. The highest BCUT2D eigenvalue weighted by Gasteiger charge is 2.07. The van der Waals surface area contributed by atoms with Gasteiger partial charge in [0.1, 0.15) is 0 Å². The first-order valence-electron chi connectivity index (χ1n) is 6.70. The molecule has 0 saturated heterocycles. The van der Waals surface area contributed by atoms with Gasteiger partial charge in [-0.05, 0) is 44.4 Å². The van der Waals surface area contributed by atoms with Gasteiger partial charge >= 0.3 is 0 Å². The van der Waals surface area contributed by atoms with Gasteiger partial charge in [0.25, 0.3) is 5.91 Å². The van der Waals surface area contributed by atoms with Gasteiger partial charge in [-0.25, -0.2) is 4.98 Å². The van der Waals surface area contributed by atoms with Crippen LogP contribution >= 0.6 is 34.5 Å². The van der Waals surface area contributed by atoms with Crippen LogP contribution in [0.25, 0.3) is 0 Å². The van der Waals surface area contributed by atoms with Crippen LogP contribution in [0.1, 0.15) is 33.9 Å². The number of aromatic nitrogens is 1. The smallest absolute Gasteiger partial charge is 0.251 e. The molecule has 1 aromatic carbocycles. The Kier molecular flexibility index (Phi) is 6.03. The van der Waals surface area contributed by atoms with Crippen molar-refractivity contribution in [2.45, 2.75) is 26.2 Å². The first-order chi connectivity index (χ1) is 10.1. The summed E-state index contributed by atoms with van der Waals surface area (Å²) in [5, 5.41) is 6.94. The van der Waals surface area contributed by atoms with E-state index in [-0.39, 0.29) is 5.91 Å². The topological polar surface area (TPSA) is 42.0 Å². The van der Waals surface area contributed by atoms with E-state index in [2.05, 4.69) is 15.7 Å². The SMILES string of the molecule is Cc1csc(CCCCNC(=O)c2ccc(Cl)c(Cl)c2)n1. The number of hydrogen-bond acceptors (Lipinski definition) is 3. The Hall–Kier alpha value is -1.10. The summed E-state index contributed by atoms with van der Waals surface area (Å²) in [5.41, 5.74) is 1.60. The lowest BCUT2D eigenvalue weighted by atomic mass is 10.2. The number of amides is 1. The van der Waals surface area contributed by atoms with Gasteiger partial charge in [0.15, 0.2) is 0 Å². The molecule has 0 saturated carbocycles. The summed E-state index contributed by atoms with van der Waals surface area (Å²) in [7, 11) is 0. The molecule has 3 nitrogen and oxygen atoms in total. The lowest BCUT2D eigenvalue weighted by Crippen LogP contribution is -2.24. The average molecular weight is 343 g/mol. The molecule has 0 radical (unpaired) electrons. The van der Waals surface area contributed by atoms with Crippen LogP contribution in [0.4, 0.5) is 0 Å². The largest absolute Gasteiger partial charge is 0.352 e. The van der Waals surface area contributed by atoms with Crippen molar-refractivity contribution in [1.82, 2.24) is 10.3 Å². The van der Waals surface area contributed by atoms with E-state index in [1.807, 2.05) is 6.92 Å². The van der Waals surface area contributed by atoms with Crippen molar-refractivity contribution in [2.75, 3.05) is 6.54 Å². The van der Waals surface area contributed by atoms with Gasteiger partial charge in [0.2, 0.25) is 0 Å². The maximum absolute atomic E-state index is 11.9. The van der Waals surface area contributed by atoms with E-state index in [4.69, 9.17) is 23.2 Å². The van der Waals surface area contributed by atoms with Gasteiger partial charge < -0.3 is 5.32 Å². The highest BCUT2D eigenvalue weighted by molar-refractivity contribution is 7.09. The van der Waals surface area contributed by atoms with Crippen molar-refractivity contribution < 1.29 is 4.79 Å². The molecule has 112 valence electrons. The Morgan fingerprint density at radius 3 is 2.76 bits per heavy atom. The van der Waals surface area contributed by atoms with Crippen molar-refractivity contribution >= 4 is 40.4 Å². The minimum Gasteiger partial charge on any atom is -0.352 e. The Morgan fingerprint density at radius 1 is 1.29 bits per heavy atom. The van der Waals surface area contributed by atoms with E-state index in [0.29, 0.717) is 22.2 Å². The zero-order chi connectivity index (χ0) is 15.2. The summed E-state index contributed by atoms with van der Waals surface area (Å²) in [6.45, 7) is 2.64. The van der Waals surface area contributed by atoms with Gasteiger partial charge in [-0.15, -0.1) is 11.3 Å². The first-order valence-corrected chi connectivity index (χ1v) is 8.34. The molecule has 1 amide bonds. The molecule has 1 heterocycles. The van der Waals surface area contributed by atoms with Crippen molar-refractivity contribution in [1.29, 1.82) is 0 Å². The van der Waals surface area contributed by atoms with Gasteiger partial charge in [0.05, 0.1) is 15.1 Å². The molecule has 0 spiro atoms. The third-order valence-electron chi connectivity index (χ3n) is 2.95. The minimum atomic E-state index is -0.126. The van der Waals surface area contributed by atoms with E-state index in [0.717, 1.165) is 30.0 Å². The predicted molar refractivity (Wildman–Crippen MR) is 88.6 cm³/mol. The molecule has 0 unspecified atom stereocenters. The van der Waals surface area contributed by atoms with Crippen LogP contribution in [0.3, 0.4) is 0 Å². The zero-order valence-corrected chi connectivity index (χ0v) is 14.0. The second kappa shape index (κ2) is 7.78. The van der Waals surface area contributed by atoms with Crippen LogP contribution in [-0.2, 0) is 6.42 Å². The van der Waals surface area contributed by atoms with Gasteiger partial charge in [-0.2, -0.15) is 0 Å². The summed E-state index contributed by atoms with van der Waals surface area (Å²) in [6, 6.07) is 4.88. The van der Waals surface area contributed by atoms with Crippen LogP contribution in [0.2, 0.25) is 10.0 Å². The van der Waals surface area contributed by atoms with Crippen molar-refractivity contribution in [2.24, 2.45) is 0 Å². The Morgan fingerprint density at radius 2 is 2.10 bits per heavy atom. The van der Waals surface area contributed by atoms with E-state index >= 15 is 0 Å². The standard InChI is InChI=1S/C15H16Cl2N2OS/c1-10-9-21-14(19-10)4-2-3-7-18-15(20)11-5-6-12(16)13(17)8-11/h5-6,8-9H,2-4,7H2,1H3,(H,18,20). The fourth-order valence-electron chi connectivity index (χ4n) is 1.86. The Labute approximate surface area is 138 Å². The fourth-order valence-corrected chi connectivity index (χ4v) is 2.98. The van der Waals surface area contributed by atoms with Crippen molar-refractivity contribution in [3.8, 4) is 0 Å². The number of hydrogen-bond donors (Lipinski definition) is 1. The second-order valence-corrected chi connectivity index (χ2v) is 6.48. The van der Waals surface area contributed by atoms with Crippen molar-refractivity contribution in [3.05, 3.63) is 49.9 Å². The number of thiazole rings is 1. The Balaban J connectivity index is 1.70. The molecule has 2 rings (SSSR count). The maximum Gasteiger partial charge on any atom is 0.251 e. The van der Waals surface area contributed by atoms with Gasteiger partial charge in [-0.3, -0.25) is 4.79 Å². The van der Waals surface area contributed by atoms with Crippen molar-refractivity contribution in [3.63, 3.8) is 0 Å². The Bertz CT molecular complexity index is 628. The number of benzene rings is 1. The number of rotatable bonds is 6. The van der Waals surface area contributed by atoms with Gasteiger partial charge in [0, 0.05) is 23.2 Å². The van der Waals surface area contributed by atoms with E-state index in [1.165, 1.54) is 0 Å². The number of carbonyl (C=O) groups excluding carboxylic acids is 1. The van der Waals surface area contributed by atoms with E-state index in [9.17, 15) is 4.79 Å². The quantitative estimate of drug-likeness (QED) is 0.784. The highest BCUT2D eigenvalue weighted by atomic mass is 35.5. The molecule has 21 heavy (non-hydrogen) atoms. The first kappa shape index (κ1) is 16.3. The predicted octanol–water partition coefficient (Wildman–Crippen LogP) is 4.51. The number of nitrogens with zero attached hydrogens (tertiary/aromatic N) is 1. The summed E-state index contributed by atoms with van der Waals surface area (Å²) >= 11 is 13.4. The zero-order valence-electron chi connectivity index (χ0n) is 11.7. The molecule has 2 aromatic rings. The third-order valence-corrected chi connectivity index (χ3v) is 4.72. The number of halogens is 2. The van der Waals surface area contributed by atoms with E-state index in [1.54, 1.807) is 29.5 Å². The molecular formula is C15H16Cl2N2OS. The highest BCUT2D eigenvalue weighted by Crippen LogP contribution is 2.22. The molecule has 0 aliphatic rings. The fraction of sp³-hybridized carbons (Fsp3) is 0.333. The molecule has 1 aromatic heterocycles. The number of nitrogens with one attached hydrogen (secondary N) is 1. The molecule has 0 aliphatic carbocycles. The minimum absolute atomic E-state index is 0.126. The maximum atomic E-state index is 11.9. The molecule has 0 atom stereocenters. The summed E-state index contributed by atoms with van der Waals surface area (Å²) in [6.07, 6.45) is 2.89. The van der Waals surface area contributed by atoms with Crippen LogP contribution < -0.4 is 5.32 Å². The number of aryl methyl sites for hydroxylation is 2. The summed E-state index contributed by atoms with van der Waals surface area (Å²) < 4.78 is 0. The van der Waals surface area contributed by atoms with Crippen LogP contribution in [0, 0.1) is 6.92 Å². The third kappa shape index (κ3) is 4.99. The van der Waals surface area contributed by atoms with Crippen LogP contribution in [-0.4, -0.2) is 17.4 Å². The molecule has 6 heteroatoms. The van der Waals surface area contributed by atoms with E-state index < -0.39 is 0 Å². The average Bonchev–Trinajstić information content (AvgIpc) is 2.87.